The van der Waals surface area contributed by atoms with E-state index in [1.165, 1.54) is 29.8 Å². The van der Waals surface area contributed by atoms with E-state index in [-0.39, 0.29) is 17.5 Å². The largest absolute Gasteiger partial charge is 0.457 e. The minimum absolute atomic E-state index is 0.0557. The molecule has 2 heterocycles. The van der Waals surface area contributed by atoms with Crippen molar-refractivity contribution >= 4 is 17.7 Å². The summed E-state index contributed by atoms with van der Waals surface area (Å²) >= 11 is 0. The van der Waals surface area contributed by atoms with Gasteiger partial charge in [-0.3, -0.25) is 4.79 Å². The number of carbonyl (C=O) groups excluding carboxylic acids is 1. The predicted molar refractivity (Wildman–Crippen MR) is 105 cm³/mol. The molecule has 26 heavy (non-hydrogen) atoms. The lowest BCUT2D eigenvalue weighted by atomic mass is 9.93. The molecule has 1 aromatic rings. The summed E-state index contributed by atoms with van der Waals surface area (Å²) in [6.45, 7) is 1.94. The van der Waals surface area contributed by atoms with Gasteiger partial charge in [-0.1, -0.05) is 25.0 Å². The number of rotatable bonds is 4. The van der Waals surface area contributed by atoms with E-state index in [1.807, 2.05) is 0 Å². The van der Waals surface area contributed by atoms with E-state index in [9.17, 15) is 4.79 Å². The van der Waals surface area contributed by atoms with Crippen molar-refractivity contribution in [3.63, 3.8) is 0 Å². The Hall–Kier alpha value is -1.97. The average molecular weight is 354 g/mol. The molecule has 1 aromatic carbocycles. The van der Waals surface area contributed by atoms with Crippen molar-refractivity contribution < 1.29 is 9.53 Å². The molecule has 2 aliphatic heterocycles. The average Bonchev–Trinajstić information content (AvgIpc) is 3.23. The standard InChI is InChI=1S/C22H30N2O2/c1-23(2)19-10-5-7-17(13-19)14-20-15-22(11-6-12-24(20)16-22)26-21(25)18-8-3-4-9-18/h5,7,10,13-14,18H,3-4,6,8-9,11-12,15-16H2,1-2H3/b20-14+. The maximum Gasteiger partial charge on any atom is 0.309 e. The molecule has 0 aromatic heterocycles. The van der Waals surface area contributed by atoms with Gasteiger partial charge in [0.25, 0.3) is 0 Å². The van der Waals surface area contributed by atoms with Crippen molar-refractivity contribution in [2.24, 2.45) is 5.92 Å². The number of hydrogen-bond donors (Lipinski definition) is 0. The van der Waals surface area contributed by atoms with Gasteiger partial charge >= 0.3 is 5.97 Å². The number of anilines is 1. The highest BCUT2D eigenvalue weighted by Crippen LogP contribution is 2.42. The fourth-order valence-corrected chi connectivity index (χ4v) is 4.73. The zero-order chi connectivity index (χ0) is 18.1. The zero-order valence-electron chi connectivity index (χ0n) is 16.0. The Balaban J connectivity index is 1.52. The molecule has 4 heteroatoms. The first-order valence-electron chi connectivity index (χ1n) is 10.0. The van der Waals surface area contributed by atoms with Gasteiger partial charge in [0.1, 0.15) is 5.60 Å². The molecule has 1 atom stereocenters. The van der Waals surface area contributed by atoms with Gasteiger partial charge in [0.05, 0.1) is 12.5 Å². The van der Waals surface area contributed by atoms with E-state index in [4.69, 9.17) is 4.74 Å². The van der Waals surface area contributed by atoms with Gasteiger partial charge in [-0.25, -0.2) is 0 Å². The molecule has 3 aliphatic rings. The zero-order valence-corrected chi connectivity index (χ0v) is 16.0. The van der Waals surface area contributed by atoms with Gasteiger partial charge in [0.15, 0.2) is 0 Å². The number of benzene rings is 1. The molecule has 0 radical (unpaired) electrons. The Morgan fingerprint density at radius 1 is 1.27 bits per heavy atom. The number of fused-ring (bicyclic) bond motifs is 2. The Bertz CT molecular complexity index is 706. The molecule has 0 amide bonds. The second-order valence-corrected chi connectivity index (χ2v) is 8.41. The van der Waals surface area contributed by atoms with Gasteiger partial charge in [-0.05, 0) is 49.5 Å². The summed E-state index contributed by atoms with van der Waals surface area (Å²) in [5, 5.41) is 0. The van der Waals surface area contributed by atoms with Crippen LogP contribution < -0.4 is 4.90 Å². The van der Waals surface area contributed by atoms with E-state index in [0.717, 1.165) is 45.2 Å². The number of carbonyl (C=O) groups is 1. The van der Waals surface area contributed by atoms with Crippen LogP contribution in [0.1, 0.15) is 50.5 Å². The molecule has 2 bridgehead atoms. The highest BCUT2D eigenvalue weighted by molar-refractivity contribution is 5.73. The first-order valence-corrected chi connectivity index (χ1v) is 10.0. The number of hydrogen-bond acceptors (Lipinski definition) is 4. The van der Waals surface area contributed by atoms with Crippen LogP contribution in [0, 0.1) is 5.92 Å². The fourth-order valence-electron chi connectivity index (χ4n) is 4.73. The van der Waals surface area contributed by atoms with Crippen LogP contribution in [-0.2, 0) is 9.53 Å². The van der Waals surface area contributed by atoms with Crippen LogP contribution in [0.5, 0.6) is 0 Å². The summed E-state index contributed by atoms with van der Waals surface area (Å²) < 4.78 is 6.15. The summed E-state index contributed by atoms with van der Waals surface area (Å²) in [5.41, 5.74) is 3.45. The first kappa shape index (κ1) is 17.4. The van der Waals surface area contributed by atoms with Crippen LogP contribution in [0.15, 0.2) is 30.0 Å². The van der Waals surface area contributed by atoms with Crippen LogP contribution in [-0.4, -0.2) is 43.7 Å². The molecule has 4 rings (SSSR count). The van der Waals surface area contributed by atoms with Crippen molar-refractivity contribution in [3.8, 4) is 0 Å². The second kappa shape index (κ2) is 6.98. The highest BCUT2D eigenvalue weighted by Gasteiger charge is 2.47. The molecule has 1 aliphatic carbocycles. The van der Waals surface area contributed by atoms with Gasteiger partial charge in [0.2, 0.25) is 0 Å². The summed E-state index contributed by atoms with van der Waals surface area (Å²) in [6.07, 6.45) is 9.61. The molecular weight excluding hydrogens is 324 g/mol. The third-order valence-corrected chi connectivity index (χ3v) is 6.17. The third-order valence-electron chi connectivity index (χ3n) is 6.17. The Labute approximate surface area is 156 Å². The number of esters is 1. The SMILES string of the molecule is CN(C)c1cccc(/C=C2\CC3(OC(=O)C4CCCC4)CCCN2C3)c1. The van der Waals surface area contributed by atoms with Crippen LogP contribution >= 0.6 is 0 Å². The Morgan fingerprint density at radius 2 is 2.08 bits per heavy atom. The number of ether oxygens (including phenoxy) is 1. The van der Waals surface area contributed by atoms with Crippen molar-refractivity contribution in [1.29, 1.82) is 0 Å². The van der Waals surface area contributed by atoms with Crippen LogP contribution in [0.25, 0.3) is 6.08 Å². The maximum atomic E-state index is 12.6. The first-order chi connectivity index (χ1) is 12.5. The monoisotopic (exact) mass is 354 g/mol. The lowest BCUT2D eigenvalue weighted by Crippen LogP contribution is -2.43. The van der Waals surface area contributed by atoms with E-state index in [0.29, 0.717) is 0 Å². The fraction of sp³-hybridized carbons (Fsp3) is 0.591. The van der Waals surface area contributed by atoms with Crippen LogP contribution in [0.3, 0.4) is 0 Å². The Kier molecular flexibility index (Phi) is 4.68. The van der Waals surface area contributed by atoms with Crippen LogP contribution in [0.2, 0.25) is 0 Å². The van der Waals surface area contributed by atoms with Crippen LogP contribution in [0.4, 0.5) is 5.69 Å². The van der Waals surface area contributed by atoms with E-state index >= 15 is 0 Å². The molecule has 0 spiro atoms. The summed E-state index contributed by atoms with van der Waals surface area (Å²) in [4.78, 5) is 17.2. The summed E-state index contributed by atoms with van der Waals surface area (Å²) in [5.74, 6) is 0.199. The molecule has 0 N–H and O–H groups in total. The van der Waals surface area contributed by atoms with Gasteiger partial charge in [0, 0.05) is 38.4 Å². The lowest BCUT2D eigenvalue weighted by Gasteiger charge is -2.34. The minimum atomic E-state index is -0.289. The predicted octanol–water partition coefficient (Wildman–Crippen LogP) is 4.07. The number of piperidine rings is 1. The minimum Gasteiger partial charge on any atom is -0.457 e. The molecule has 4 nitrogen and oxygen atoms in total. The van der Waals surface area contributed by atoms with Crippen molar-refractivity contribution in [1.82, 2.24) is 4.90 Å². The van der Waals surface area contributed by atoms with Gasteiger partial charge < -0.3 is 14.5 Å². The van der Waals surface area contributed by atoms with E-state index < -0.39 is 0 Å². The van der Waals surface area contributed by atoms with E-state index in [1.54, 1.807) is 0 Å². The molecular formula is C22H30N2O2. The van der Waals surface area contributed by atoms with Gasteiger partial charge in [-0.15, -0.1) is 0 Å². The molecule has 1 unspecified atom stereocenters. The topological polar surface area (TPSA) is 32.8 Å². The summed E-state index contributed by atoms with van der Waals surface area (Å²) in [6, 6.07) is 8.60. The molecule has 140 valence electrons. The second-order valence-electron chi connectivity index (χ2n) is 8.41. The van der Waals surface area contributed by atoms with Gasteiger partial charge in [-0.2, -0.15) is 0 Å². The molecule has 3 fully saturated rings. The maximum absolute atomic E-state index is 12.6. The van der Waals surface area contributed by atoms with Crippen molar-refractivity contribution in [2.75, 3.05) is 32.1 Å². The normalized spacial score (nSPS) is 27.2. The molecule has 1 saturated carbocycles. The van der Waals surface area contributed by atoms with Crippen molar-refractivity contribution in [2.45, 2.75) is 50.5 Å². The molecule has 2 saturated heterocycles. The van der Waals surface area contributed by atoms with Crippen molar-refractivity contribution in [3.05, 3.63) is 35.5 Å². The summed E-state index contributed by atoms with van der Waals surface area (Å²) in [7, 11) is 4.13. The quantitative estimate of drug-likeness (QED) is 0.763. The number of nitrogens with zero attached hydrogens (tertiary/aromatic N) is 2. The Morgan fingerprint density at radius 3 is 2.85 bits per heavy atom. The smallest absolute Gasteiger partial charge is 0.309 e. The lowest BCUT2D eigenvalue weighted by molar-refractivity contribution is -0.165. The third kappa shape index (κ3) is 3.46. The van der Waals surface area contributed by atoms with E-state index in [2.05, 4.69) is 54.2 Å². The highest BCUT2D eigenvalue weighted by atomic mass is 16.6.